The minimum absolute atomic E-state index is 0.404. The van der Waals surface area contributed by atoms with Crippen LogP contribution >= 0.6 is 0 Å². The van der Waals surface area contributed by atoms with E-state index in [9.17, 15) is 5.11 Å². The number of hydrogen-bond donors (Lipinski definition) is 1. The lowest BCUT2D eigenvalue weighted by atomic mass is 10.1. The number of benzene rings is 1. The second kappa shape index (κ2) is 7.29. The first-order chi connectivity index (χ1) is 7.74. The molecule has 0 heterocycles. The van der Waals surface area contributed by atoms with Gasteiger partial charge in [-0.2, -0.15) is 0 Å². The molecule has 0 aliphatic rings. The molecule has 0 aliphatic heterocycles. The topological polar surface area (TPSA) is 29.5 Å². The molecule has 0 bridgehead atoms. The van der Waals surface area contributed by atoms with Crippen LogP contribution in [0.2, 0.25) is 0 Å². The molecule has 0 aliphatic carbocycles. The lowest BCUT2D eigenvalue weighted by Gasteiger charge is -2.08. The predicted molar refractivity (Wildman–Crippen MR) is 66.7 cm³/mol. The van der Waals surface area contributed by atoms with Crippen LogP contribution in [0.1, 0.15) is 51.2 Å². The lowest BCUT2D eigenvalue weighted by Crippen LogP contribution is -1.97. The Morgan fingerprint density at radius 1 is 1.12 bits per heavy atom. The Labute approximate surface area is 98.3 Å². The third kappa shape index (κ3) is 4.67. The summed E-state index contributed by atoms with van der Waals surface area (Å²) in [4.78, 5) is 0. The fourth-order valence-corrected chi connectivity index (χ4v) is 1.56. The summed E-state index contributed by atoms with van der Waals surface area (Å²) in [5, 5.41) is 9.35. The maximum atomic E-state index is 9.35. The maximum absolute atomic E-state index is 9.35. The number of ether oxygens (including phenoxy) is 1. The van der Waals surface area contributed by atoms with Crippen LogP contribution in [0.15, 0.2) is 24.3 Å². The number of aliphatic hydroxyl groups is 1. The minimum Gasteiger partial charge on any atom is -0.494 e. The van der Waals surface area contributed by atoms with Gasteiger partial charge in [-0.15, -0.1) is 0 Å². The van der Waals surface area contributed by atoms with E-state index in [-0.39, 0.29) is 0 Å². The van der Waals surface area contributed by atoms with Crippen LogP contribution in [0.5, 0.6) is 5.75 Å². The Balaban J connectivity index is 2.27. The predicted octanol–water partition coefficient (Wildman–Crippen LogP) is 3.70. The van der Waals surface area contributed by atoms with Crippen molar-refractivity contribution >= 4 is 0 Å². The lowest BCUT2D eigenvalue weighted by molar-refractivity contribution is 0.199. The van der Waals surface area contributed by atoms with Gasteiger partial charge in [-0.3, -0.25) is 0 Å². The van der Waals surface area contributed by atoms with Crippen molar-refractivity contribution < 1.29 is 9.84 Å². The molecule has 0 fully saturated rings. The molecular weight excluding hydrogens is 200 g/mol. The van der Waals surface area contributed by atoms with Crippen LogP contribution in [0.25, 0.3) is 0 Å². The van der Waals surface area contributed by atoms with E-state index < -0.39 is 6.10 Å². The summed E-state index contributed by atoms with van der Waals surface area (Å²) >= 11 is 0. The molecule has 1 aromatic rings. The minimum atomic E-state index is -0.404. The molecule has 0 radical (unpaired) electrons. The third-order valence-electron chi connectivity index (χ3n) is 2.63. The van der Waals surface area contributed by atoms with Gasteiger partial charge in [0.1, 0.15) is 5.75 Å². The molecule has 0 aromatic heterocycles. The third-order valence-corrected chi connectivity index (χ3v) is 2.63. The van der Waals surface area contributed by atoms with Gasteiger partial charge in [0.25, 0.3) is 0 Å². The Hall–Kier alpha value is -1.02. The SMILES string of the molecule is CCCCCCOc1ccc([C@@H](C)O)cc1. The van der Waals surface area contributed by atoms with E-state index >= 15 is 0 Å². The van der Waals surface area contributed by atoms with Crippen molar-refractivity contribution in [3.63, 3.8) is 0 Å². The summed E-state index contributed by atoms with van der Waals surface area (Å²) in [6.07, 6.45) is 4.49. The largest absolute Gasteiger partial charge is 0.494 e. The zero-order chi connectivity index (χ0) is 11.8. The Kier molecular flexibility index (Phi) is 5.94. The summed E-state index contributed by atoms with van der Waals surface area (Å²) in [7, 11) is 0. The molecule has 2 nitrogen and oxygen atoms in total. The quantitative estimate of drug-likeness (QED) is 0.713. The molecule has 1 atom stereocenters. The molecule has 1 rings (SSSR count). The second-order valence-corrected chi connectivity index (χ2v) is 4.15. The zero-order valence-corrected chi connectivity index (χ0v) is 10.3. The molecule has 0 saturated heterocycles. The smallest absolute Gasteiger partial charge is 0.119 e. The van der Waals surface area contributed by atoms with Crippen molar-refractivity contribution in [1.82, 2.24) is 0 Å². The van der Waals surface area contributed by atoms with Gasteiger partial charge < -0.3 is 9.84 Å². The number of rotatable bonds is 7. The van der Waals surface area contributed by atoms with Crippen LogP contribution in [0.4, 0.5) is 0 Å². The van der Waals surface area contributed by atoms with Crippen molar-refractivity contribution in [3.8, 4) is 5.75 Å². The van der Waals surface area contributed by atoms with Gasteiger partial charge in [-0.05, 0) is 31.0 Å². The molecule has 1 aromatic carbocycles. The van der Waals surface area contributed by atoms with Gasteiger partial charge in [-0.1, -0.05) is 38.3 Å². The van der Waals surface area contributed by atoms with Crippen LogP contribution in [-0.4, -0.2) is 11.7 Å². The first kappa shape index (κ1) is 13.0. The zero-order valence-electron chi connectivity index (χ0n) is 10.3. The summed E-state index contributed by atoms with van der Waals surface area (Å²) in [6.45, 7) is 4.75. The van der Waals surface area contributed by atoms with E-state index in [1.165, 1.54) is 19.3 Å². The fourth-order valence-electron chi connectivity index (χ4n) is 1.56. The fraction of sp³-hybridized carbons (Fsp3) is 0.571. The molecular formula is C14H22O2. The second-order valence-electron chi connectivity index (χ2n) is 4.15. The Bertz CT molecular complexity index is 277. The summed E-state index contributed by atoms with van der Waals surface area (Å²) in [5.74, 6) is 0.890. The van der Waals surface area contributed by atoms with E-state index in [0.29, 0.717) is 0 Å². The molecule has 2 heteroatoms. The number of aliphatic hydroxyl groups excluding tert-OH is 1. The van der Waals surface area contributed by atoms with Crippen molar-refractivity contribution in [1.29, 1.82) is 0 Å². The Morgan fingerprint density at radius 2 is 1.81 bits per heavy atom. The van der Waals surface area contributed by atoms with E-state index in [4.69, 9.17) is 4.74 Å². The molecule has 0 unspecified atom stereocenters. The molecule has 16 heavy (non-hydrogen) atoms. The van der Waals surface area contributed by atoms with Crippen LogP contribution < -0.4 is 4.74 Å². The van der Waals surface area contributed by atoms with Crippen molar-refractivity contribution in [3.05, 3.63) is 29.8 Å². The summed E-state index contributed by atoms with van der Waals surface area (Å²) in [5.41, 5.74) is 0.929. The van der Waals surface area contributed by atoms with Crippen LogP contribution in [0.3, 0.4) is 0 Å². The monoisotopic (exact) mass is 222 g/mol. The van der Waals surface area contributed by atoms with Crippen molar-refractivity contribution in [2.75, 3.05) is 6.61 Å². The molecule has 90 valence electrons. The van der Waals surface area contributed by atoms with E-state index in [1.54, 1.807) is 6.92 Å². The van der Waals surface area contributed by atoms with Gasteiger partial charge >= 0.3 is 0 Å². The average molecular weight is 222 g/mol. The highest BCUT2D eigenvalue weighted by Gasteiger charge is 2.00. The van der Waals surface area contributed by atoms with Gasteiger partial charge in [0.05, 0.1) is 12.7 Å². The highest BCUT2D eigenvalue weighted by atomic mass is 16.5. The normalized spacial score (nSPS) is 12.4. The van der Waals surface area contributed by atoms with Crippen molar-refractivity contribution in [2.45, 2.75) is 45.6 Å². The molecule has 0 amide bonds. The van der Waals surface area contributed by atoms with Gasteiger partial charge in [-0.25, -0.2) is 0 Å². The maximum Gasteiger partial charge on any atom is 0.119 e. The van der Waals surface area contributed by atoms with E-state index in [0.717, 1.165) is 24.3 Å². The standard InChI is InChI=1S/C14H22O2/c1-3-4-5-6-11-16-14-9-7-13(8-10-14)12(2)15/h7-10,12,15H,3-6,11H2,1-2H3/t12-/m1/s1. The highest BCUT2D eigenvalue weighted by molar-refractivity contribution is 5.28. The Morgan fingerprint density at radius 3 is 2.38 bits per heavy atom. The average Bonchev–Trinajstić information content (AvgIpc) is 2.29. The van der Waals surface area contributed by atoms with Gasteiger partial charge in [0, 0.05) is 0 Å². The highest BCUT2D eigenvalue weighted by Crippen LogP contribution is 2.17. The van der Waals surface area contributed by atoms with Gasteiger partial charge in [0.15, 0.2) is 0 Å². The number of hydrogen-bond acceptors (Lipinski definition) is 2. The first-order valence-corrected chi connectivity index (χ1v) is 6.15. The first-order valence-electron chi connectivity index (χ1n) is 6.15. The van der Waals surface area contributed by atoms with Crippen LogP contribution in [0, 0.1) is 0 Å². The van der Waals surface area contributed by atoms with Gasteiger partial charge in [0.2, 0.25) is 0 Å². The summed E-state index contributed by atoms with van der Waals surface area (Å²) in [6, 6.07) is 7.65. The van der Waals surface area contributed by atoms with E-state index in [1.807, 2.05) is 24.3 Å². The molecule has 1 N–H and O–H groups in total. The van der Waals surface area contributed by atoms with E-state index in [2.05, 4.69) is 6.92 Å². The van der Waals surface area contributed by atoms with Crippen molar-refractivity contribution in [2.24, 2.45) is 0 Å². The molecule has 0 spiro atoms. The van der Waals surface area contributed by atoms with Crippen LogP contribution in [-0.2, 0) is 0 Å². The number of unbranched alkanes of at least 4 members (excludes halogenated alkanes) is 3. The summed E-state index contributed by atoms with van der Waals surface area (Å²) < 4.78 is 5.61. The molecule has 0 saturated carbocycles.